The Kier molecular flexibility index (Phi) is 5.85. The molecule has 0 fully saturated rings. The molecule has 0 radical (unpaired) electrons. The van der Waals surface area contributed by atoms with Crippen LogP contribution in [0.1, 0.15) is 21.7 Å². The van der Waals surface area contributed by atoms with E-state index in [-0.39, 0.29) is 17.3 Å². The van der Waals surface area contributed by atoms with Gasteiger partial charge in [-0.25, -0.2) is 9.97 Å². The third-order valence-corrected chi connectivity index (χ3v) is 4.80. The summed E-state index contributed by atoms with van der Waals surface area (Å²) in [5.41, 5.74) is 3.04. The molecule has 8 heteroatoms. The minimum atomic E-state index is -2.86. The Hall–Kier alpha value is -2.74. The summed E-state index contributed by atoms with van der Waals surface area (Å²) in [4.78, 5) is 20.8. The molecule has 2 heterocycles. The smallest absolute Gasteiger partial charge is 0.387 e. The van der Waals surface area contributed by atoms with Crippen molar-refractivity contribution in [2.45, 2.75) is 25.6 Å². The average Bonchev–Trinajstić information content (AvgIpc) is 2.95. The Morgan fingerprint density at radius 1 is 1.19 bits per heavy atom. The van der Waals surface area contributed by atoms with E-state index in [1.807, 2.05) is 24.5 Å². The number of rotatable bonds is 7. The maximum Gasteiger partial charge on any atom is 0.387 e. The van der Waals surface area contributed by atoms with Crippen molar-refractivity contribution in [3.8, 4) is 11.4 Å². The van der Waals surface area contributed by atoms with Gasteiger partial charge in [-0.1, -0.05) is 11.8 Å². The number of hydrogen-bond acceptors (Lipinski definition) is 5. The van der Waals surface area contributed by atoms with Gasteiger partial charge in [0.15, 0.2) is 10.9 Å². The van der Waals surface area contributed by atoms with Crippen LogP contribution in [0.3, 0.4) is 0 Å². The molecular formula is C19H17F2N3O2S. The summed E-state index contributed by atoms with van der Waals surface area (Å²) < 4.78 is 30.8. The van der Waals surface area contributed by atoms with Gasteiger partial charge in [-0.05, 0) is 50.2 Å². The van der Waals surface area contributed by atoms with Crippen molar-refractivity contribution in [2.24, 2.45) is 0 Å². The van der Waals surface area contributed by atoms with E-state index in [1.165, 1.54) is 23.9 Å². The maximum atomic E-state index is 12.6. The third-order valence-electron chi connectivity index (χ3n) is 3.93. The van der Waals surface area contributed by atoms with Crippen molar-refractivity contribution in [1.82, 2.24) is 14.5 Å². The van der Waals surface area contributed by atoms with E-state index in [1.54, 1.807) is 30.6 Å². The monoisotopic (exact) mass is 389 g/mol. The van der Waals surface area contributed by atoms with Crippen LogP contribution in [-0.2, 0) is 0 Å². The second kappa shape index (κ2) is 8.30. The lowest BCUT2D eigenvalue weighted by Gasteiger charge is -2.11. The number of benzene rings is 1. The maximum absolute atomic E-state index is 12.6. The van der Waals surface area contributed by atoms with Crippen LogP contribution in [0.2, 0.25) is 0 Å². The zero-order valence-electron chi connectivity index (χ0n) is 14.7. The highest BCUT2D eigenvalue weighted by Gasteiger charge is 2.17. The Morgan fingerprint density at radius 2 is 1.85 bits per heavy atom. The number of carbonyl (C=O) groups is 1. The van der Waals surface area contributed by atoms with Crippen LogP contribution in [0, 0.1) is 13.8 Å². The SMILES string of the molecule is Cc1cc(C(=O)CSc2ncccn2)c(C)n1-c1ccc(OC(F)F)cc1. The molecule has 0 bridgehead atoms. The molecule has 140 valence electrons. The van der Waals surface area contributed by atoms with E-state index in [2.05, 4.69) is 14.7 Å². The third kappa shape index (κ3) is 4.51. The fourth-order valence-electron chi connectivity index (χ4n) is 2.79. The van der Waals surface area contributed by atoms with Crippen LogP contribution >= 0.6 is 11.8 Å². The molecule has 0 amide bonds. The van der Waals surface area contributed by atoms with Crippen molar-refractivity contribution in [1.29, 1.82) is 0 Å². The lowest BCUT2D eigenvalue weighted by atomic mass is 10.2. The molecule has 0 aliphatic carbocycles. The van der Waals surface area contributed by atoms with Gasteiger partial charge in [0.05, 0.1) is 5.75 Å². The summed E-state index contributed by atoms with van der Waals surface area (Å²) in [7, 11) is 0. The fourth-order valence-corrected chi connectivity index (χ4v) is 3.47. The van der Waals surface area contributed by atoms with Gasteiger partial charge in [0.2, 0.25) is 0 Å². The Labute approximate surface area is 159 Å². The molecule has 0 N–H and O–H groups in total. The molecule has 0 atom stereocenters. The van der Waals surface area contributed by atoms with Gasteiger partial charge in [0, 0.05) is 35.0 Å². The minimum Gasteiger partial charge on any atom is -0.435 e. The quantitative estimate of drug-likeness (QED) is 0.339. The van der Waals surface area contributed by atoms with Crippen molar-refractivity contribution < 1.29 is 18.3 Å². The number of alkyl halides is 2. The predicted octanol–water partition coefficient (Wildman–Crippen LogP) is 4.46. The highest BCUT2D eigenvalue weighted by molar-refractivity contribution is 7.99. The fraction of sp³-hybridized carbons (Fsp3) is 0.211. The lowest BCUT2D eigenvalue weighted by Crippen LogP contribution is -2.06. The number of ether oxygens (including phenoxy) is 1. The molecule has 0 spiro atoms. The molecule has 5 nitrogen and oxygen atoms in total. The summed E-state index contributed by atoms with van der Waals surface area (Å²) in [6.45, 7) is 0.884. The van der Waals surface area contributed by atoms with E-state index in [9.17, 15) is 13.6 Å². The first-order valence-corrected chi connectivity index (χ1v) is 9.11. The first kappa shape index (κ1) is 19.0. The van der Waals surface area contributed by atoms with E-state index >= 15 is 0 Å². The number of carbonyl (C=O) groups excluding carboxylic acids is 1. The number of thioether (sulfide) groups is 1. The number of halogens is 2. The highest BCUT2D eigenvalue weighted by atomic mass is 32.2. The van der Waals surface area contributed by atoms with Crippen molar-refractivity contribution >= 4 is 17.5 Å². The summed E-state index contributed by atoms with van der Waals surface area (Å²) in [6, 6.07) is 9.86. The van der Waals surface area contributed by atoms with Crippen LogP contribution in [0.5, 0.6) is 5.75 Å². The largest absolute Gasteiger partial charge is 0.435 e. The minimum absolute atomic E-state index is 0.0237. The first-order valence-electron chi connectivity index (χ1n) is 8.13. The number of Topliss-reactive ketones (excluding diaryl/α,β-unsaturated/α-hetero) is 1. The molecule has 0 aliphatic rings. The molecule has 1 aromatic carbocycles. The van der Waals surface area contributed by atoms with E-state index in [0.29, 0.717) is 10.7 Å². The van der Waals surface area contributed by atoms with Gasteiger partial charge in [0.1, 0.15) is 5.75 Å². The van der Waals surface area contributed by atoms with Gasteiger partial charge < -0.3 is 9.30 Å². The van der Waals surface area contributed by atoms with Crippen LogP contribution in [0.15, 0.2) is 53.9 Å². The lowest BCUT2D eigenvalue weighted by molar-refractivity contribution is -0.0498. The Morgan fingerprint density at radius 3 is 2.48 bits per heavy atom. The van der Waals surface area contributed by atoms with Gasteiger partial charge in [-0.2, -0.15) is 8.78 Å². The van der Waals surface area contributed by atoms with Crippen molar-refractivity contribution in [2.75, 3.05) is 5.75 Å². The zero-order valence-corrected chi connectivity index (χ0v) is 15.5. The van der Waals surface area contributed by atoms with Crippen molar-refractivity contribution in [3.63, 3.8) is 0 Å². The summed E-state index contributed by atoms with van der Waals surface area (Å²) >= 11 is 1.28. The van der Waals surface area contributed by atoms with E-state index in [0.717, 1.165) is 17.1 Å². The molecular weight excluding hydrogens is 372 g/mol. The predicted molar refractivity (Wildman–Crippen MR) is 99.0 cm³/mol. The van der Waals surface area contributed by atoms with Gasteiger partial charge in [-0.3, -0.25) is 4.79 Å². The molecule has 2 aromatic heterocycles. The normalized spacial score (nSPS) is 11.0. The second-order valence-electron chi connectivity index (χ2n) is 5.74. The molecule has 3 rings (SSSR count). The van der Waals surface area contributed by atoms with Gasteiger partial charge >= 0.3 is 6.61 Å². The molecule has 27 heavy (non-hydrogen) atoms. The number of aryl methyl sites for hydroxylation is 1. The number of ketones is 1. The highest BCUT2D eigenvalue weighted by Crippen LogP contribution is 2.25. The Balaban J connectivity index is 1.78. The second-order valence-corrected chi connectivity index (χ2v) is 6.68. The molecule has 0 saturated heterocycles. The molecule has 0 unspecified atom stereocenters. The van der Waals surface area contributed by atoms with Crippen LogP contribution in [0.4, 0.5) is 8.78 Å². The number of nitrogens with zero attached hydrogens (tertiary/aromatic N) is 3. The van der Waals surface area contributed by atoms with Gasteiger partial charge in [-0.15, -0.1) is 0 Å². The van der Waals surface area contributed by atoms with Crippen LogP contribution in [-0.4, -0.2) is 32.7 Å². The van der Waals surface area contributed by atoms with Gasteiger partial charge in [0.25, 0.3) is 0 Å². The number of hydrogen-bond donors (Lipinski definition) is 0. The zero-order chi connectivity index (χ0) is 19.4. The summed E-state index contributed by atoms with van der Waals surface area (Å²) in [6.07, 6.45) is 3.26. The topological polar surface area (TPSA) is 57.0 Å². The number of aromatic nitrogens is 3. The van der Waals surface area contributed by atoms with E-state index in [4.69, 9.17) is 0 Å². The average molecular weight is 389 g/mol. The van der Waals surface area contributed by atoms with Crippen LogP contribution < -0.4 is 4.74 Å². The molecule has 3 aromatic rings. The van der Waals surface area contributed by atoms with Crippen LogP contribution in [0.25, 0.3) is 5.69 Å². The first-order chi connectivity index (χ1) is 13.0. The summed E-state index contributed by atoms with van der Waals surface area (Å²) in [5.74, 6) is 0.298. The summed E-state index contributed by atoms with van der Waals surface area (Å²) in [5, 5.41) is 0.550. The molecule has 0 saturated carbocycles. The van der Waals surface area contributed by atoms with Crippen molar-refractivity contribution in [3.05, 3.63) is 65.7 Å². The standard InChI is InChI=1S/C19H17F2N3O2S/c1-12-10-16(17(25)11-27-19-22-8-3-9-23-19)13(2)24(12)14-4-6-15(7-5-14)26-18(20)21/h3-10,18H,11H2,1-2H3. The molecule has 0 aliphatic heterocycles. The Bertz CT molecular complexity index is 928. The van der Waals surface area contributed by atoms with E-state index < -0.39 is 6.61 Å².